The normalized spacial score (nSPS) is 17.6. The van der Waals surface area contributed by atoms with Crippen molar-refractivity contribution in [1.29, 1.82) is 0 Å². The van der Waals surface area contributed by atoms with E-state index in [0.717, 1.165) is 0 Å². The SMILES string of the molecule is COC(=O)N[C@@H]1CC(=O)N(c2ccc(OC)c(OC)c2)C1. The Bertz CT molecular complexity index is 546. The summed E-state index contributed by atoms with van der Waals surface area (Å²) in [4.78, 5) is 24.9. The summed E-state index contributed by atoms with van der Waals surface area (Å²) in [5.74, 6) is 1.08. The molecule has 1 aliphatic heterocycles. The summed E-state index contributed by atoms with van der Waals surface area (Å²) >= 11 is 0. The number of hydrogen-bond acceptors (Lipinski definition) is 5. The Morgan fingerprint density at radius 3 is 2.57 bits per heavy atom. The van der Waals surface area contributed by atoms with Crippen LogP contribution in [-0.4, -0.2) is 45.9 Å². The van der Waals surface area contributed by atoms with Crippen LogP contribution in [0.25, 0.3) is 0 Å². The summed E-state index contributed by atoms with van der Waals surface area (Å²) in [6.45, 7) is 0.392. The summed E-state index contributed by atoms with van der Waals surface area (Å²) < 4.78 is 14.9. The molecule has 1 fully saturated rings. The summed E-state index contributed by atoms with van der Waals surface area (Å²) in [5, 5.41) is 2.63. The number of carbonyl (C=O) groups excluding carboxylic acids is 2. The Hall–Kier alpha value is -2.44. The molecule has 114 valence electrons. The van der Waals surface area contributed by atoms with E-state index in [1.807, 2.05) is 0 Å². The summed E-state index contributed by atoms with van der Waals surface area (Å²) in [6, 6.07) is 4.98. The van der Waals surface area contributed by atoms with E-state index < -0.39 is 6.09 Å². The fourth-order valence-corrected chi connectivity index (χ4v) is 2.27. The van der Waals surface area contributed by atoms with Crippen LogP contribution in [0.3, 0.4) is 0 Å². The van der Waals surface area contributed by atoms with Crippen LogP contribution >= 0.6 is 0 Å². The van der Waals surface area contributed by atoms with E-state index >= 15 is 0 Å². The Morgan fingerprint density at radius 2 is 1.95 bits per heavy atom. The molecular formula is C14H18N2O5. The number of nitrogens with one attached hydrogen (secondary N) is 1. The van der Waals surface area contributed by atoms with Gasteiger partial charge in [0.1, 0.15) is 0 Å². The first-order valence-electron chi connectivity index (χ1n) is 6.46. The lowest BCUT2D eigenvalue weighted by atomic mass is 10.2. The van der Waals surface area contributed by atoms with Gasteiger partial charge in [-0.25, -0.2) is 4.79 Å². The van der Waals surface area contributed by atoms with Crippen molar-refractivity contribution in [2.45, 2.75) is 12.5 Å². The molecule has 1 aromatic carbocycles. The standard InChI is InChI=1S/C14H18N2O5/c1-19-11-5-4-10(7-12(11)20-2)16-8-9(6-13(16)17)15-14(18)21-3/h4-5,7,9H,6,8H2,1-3H3,(H,15,18)/t9-/m1/s1. The summed E-state index contributed by atoms with van der Waals surface area (Å²) in [7, 11) is 4.38. The molecule has 21 heavy (non-hydrogen) atoms. The molecule has 1 heterocycles. The molecule has 2 rings (SSSR count). The van der Waals surface area contributed by atoms with Crippen molar-refractivity contribution < 1.29 is 23.8 Å². The monoisotopic (exact) mass is 294 g/mol. The molecule has 1 atom stereocenters. The molecule has 7 heteroatoms. The molecule has 0 aromatic heterocycles. The predicted octanol–water partition coefficient (Wildman–Crippen LogP) is 1.17. The number of benzene rings is 1. The number of anilines is 1. The second-order valence-corrected chi connectivity index (χ2v) is 4.58. The zero-order chi connectivity index (χ0) is 15.4. The highest BCUT2D eigenvalue weighted by atomic mass is 16.5. The molecule has 0 aliphatic carbocycles. The summed E-state index contributed by atoms with van der Waals surface area (Å²) in [6.07, 6.45) is -0.300. The third-order valence-electron chi connectivity index (χ3n) is 3.31. The highest BCUT2D eigenvalue weighted by Crippen LogP contribution is 2.33. The zero-order valence-electron chi connectivity index (χ0n) is 12.2. The molecule has 1 aromatic rings. The maximum absolute atomic E-state index is 12.1. The maximum Gasteiger partial charge on any atom is 0.407 e. The highest BCUT2D eigenvalue weighted by Gasteiger charge is 2.32. The van der Waals surface area contributed by atoms with Gasteiger partial charge in [-0.05, 0) is 12.1 Å². The Kier molecular flexibility index (Phi) is 4.52. The van der Waals surface area contributed by atoms with E-state index in [9.17, 15) is 9.59 Å². The van der Waals surface area contributed by atoms with Gasteiger partial charge in [-0.3, -0.25) is 4.79 Å². The predicted molar refractivity (Wildman–Crippen MR) is 75.8 cm³/mol. The van der Waals surface area contributed by atoms with Crippen molar-refractivity contribution in [1.82, 2.24) is 5.32 Å². The maximum atomic E-state index is 12.1. The van der Waals surface area contributed by atoms with Crippen LogP contribution in [-0.2, 0) is 9.53 Å². The minimum atomic E-state index is -0.540. The quantitative estimate of drug-likeness (QED) is 0.902. The minimum Gasteiger partial charge on any atom is -0.493 e. The number of nitrogens with zero attached hydrogens (tertiary/aromatic N) is 1. The second-order valence-electron chi connectivity index (χ2n) is 4.58. The smallest absolute Gasteiger partial charge is 0.407 e. The average Bonchev–Trinajstić information content (AvgIpc) is 2.86. The Morgan fingerprint density at radius 1 is 1.24 bits per heavy atom. The number of amides is 2. The van der Waals surface area contributed by atoms with E-state index in [-0.39, 0.29) is 18.4 Å². The van der Waals surface area contributed by atoms with Gasteiger partial charge in [-0.2, -0.15) is 0 Å². The third-order valence-corrected chi connectivity index (χ3v) is 3.31. The van der Waals surface area contributed by atoms with Crippen LogP contribution in [0.4, 0.5) is 10.5 Å². The minimum absolute atomic E-state index is 0.0661. The van der Waals surface area contributed by atoms with Crippen molar-refractivity contribution in [3.05, 3.63) is 18.2 Å². The summed E-state index contributed by atoms with van der Waals surface area (Å²) in [5.41, 5.74) is 0.701. The van der Waals surface area contributed by atoms with Crippen molar-refractivity contribution in [3.8, 4) is 11.5 Å². The van der Waals surface area contributed by atoms with E-state index in [1.165, 1.54) is 14.2 Å². The van der Waals surface area contributed by atoms with Gasteiger partial charge in [-0.15, -0.1) is 0 Å². The Balaban J connectivity index is 2.15. The molecule has 0 unspecified atom stereocenters. The van der Waals surface area contributed by atoms with Gasteiger partial charge in [0, 0.05) is 24.7 Å². The third kappa shape index (κ3) is 3.18. The molecule has 1 N–H and O–H groups in total. The van der Waals surface area contributed by atoms with E-state index in [1.54, 1.807) is 30.2 Å². The van der Waals surface area contributed by atoms with E-state index in [0.29, 0.717) is 23.7 Å². The average molecular weight is 294 g/mol. The molecule has 2 amide bonds. The topological polar surface area (TPSA) is 77.1 Å². The number of ether oxygens (including phenoxy) is 3. The van der Waals surface area contributed by atoms with Crippen LogP contribution in [0.15, 0.2) is 18.2 Å². The molecule has 0 spiro atoms. The highest BCUT2D eigenvalue weighted by molar-refractivity contribution is 5.97. The number of methoxy groups -OCH3 is 3. The lowest BCUT2D eigenvalue weighted by molar-refractivity contribution is -0.117. The van der Waals surface area contributed by atoms with Gasteiger partial charge in [0.25, 0.3) is 0 Å². The first kappa shape index (κ1) is 15.0. The molecule has 7 nitrogen and oxygen atoms in total. The molecule has 0 bridgehead atoms. The van der Waals surface area contributed by atoms with Gasteiger partial charge in [0.2, 0.25) is 5.91 Å². The second kappa shape index (κ2) is 6.34. The number of rotatable bonds is 4. The van der Waals surface area contributed by atoms with Crippen LogP contribution in [0.2, 0.25) is 0 Å². The lowest BCUT2D eigenvalue weighted by Crippen LogP contribution is -2.37. The first-order chi connectivity index (χ1) is 10.1. The first-order valence-corrected chi connectivity index (χ1v) is 6.46. The number of carbonyl (C=O) groups is 2. The fourth-order valence-electron chi connectivity index (χ4n) is 2.27. The van der Waals surface area contributed by atoms with Crippen LogP contribution < -0.4 is 19.7 Å². The van der Waals surface area contributed by atoms with Crippen molar-refractivity contribution in [2.75, 3.05) is 32.8 Å². The van der Waals surface area contributed by atoms with Crippen LogP contribution in [0.5, 0.6) is 11.5 Å². The van der Waals surface area contributed by atoms with Crippen LogP contribution in [0, 0.1) is 0 Å². The van der Waals surface area contributed by atoms with Gasteiger partial charge in [0.05, 0.1) is 27.4 Å². The molecule has 0 saturated carbocycles. The van der Waals surface area contributed by atoms with Crippen molar-refractivity contribution >= 4 is 17.7 Å². The Labute approximate surface area is 122 Å². The number of hydrogen-bond donors (Lipinski definition) is 1. The fraction of sp³-hybridized carbons (Fsp3) is 0.429. The van der Waals surface area contributed by atoms with Crippen molar-refractivity contribution in [2.24, 2.45) is 0 Å². The van der Waals surface area contributed by atoms with E-state index in [4.69, 9.17) is 9.47 Å². The molecule has 0 radical (unpaired) electrons. The van der Waals surface area contributed by atoms with Gasteiger partial charge < -0.3 is 24.4 Å². The van der Waals surface area contributed by atoms with Crippen LogP contribution in [0.1, 0.15) is 6.42 Å². The van der Waals surface area contributed by atoms with Gasteiger partial charge in [0.15, 0.2) is 11.5 Å². The molecule has 1 aliphatic rings. The molecular weight excluding hydrogens is 276 g/mol. The molecule has 1 saturated heterocycles. The van der Waals surface area contributed by atoms with Gasteiger partial charge >= 0.3 is 6.09 Å². The lowest BCUT2D eigenvalue weighted by Gasteiger charge is -2.18. The largest absolute Gasteiger partial charge is 0.493 e. The van der Waals surface area contributed by atoms with Crippen molar-refractivity contribution in [3.63, 3.8) is 0 Å². The van der Waals surface area contributed by atoms with Gasteiger partial charge in [-0.1, -0.05) is 0 Å². The van der Waals surface area contributed by atoms with E-state index in [2.05, 4.69) is 10.1 Å². The number of alkyl carbamates (subject to hydrolysis) is 1. The zero-order valence-corrected chi connectivity index (χ0v) is 12.2.